The lowest BCUT2D eigenvalue weighted by Gasteiger charge is -2.31. The van der Waals surface area contributed by atoms with Gasteiger partial charge in [0, 0.05) is 23.7 Å². The van der Waals surface area contributed by atoms with E-state index in [1.165, 1.54) is 0 Å². The third kappa shape index (κ3) is 4.65. The topological polar surface area (TPSA) is 69.7 Å². The zero-order valence-corrected chi connectivity index (χ0v) is 18.9. The third-order valence-corrected chi connectivity index (χ3v) is 6.64. The van der Waals surface area contributed by atoms with E-state index in [2.05, 4.69) is 5.32 Å². The van der Waals surface area contributed by atoms with E-state index >= 15 is 0 Å². The number of hydrogen-bond acceptors (Lipinski definition) is 3. The molecule has 32 heavy (non-hydrogen) atoms. The molecule has 2 aromatic rings. The van der Waals surface area contributed by atoms with Crippen LogP contribution in [0.5, 0.6) is 0 Å². The summed E-state index contributed by atoms with van der Waals surface area (Å²) < 4.78 is 0. The molecule has 7 heteroatoms. The van der Waals surface area contributed by atoms with E-state index in [0.717, 1.165) is 18.4 Å². The van der Waals surface area contributed by atoms with Crippen molar-refractivity contribution in [3.05, 3.63) is 70.7 Å². The predicted molar refractivity (Wildman–Crippen MR) is 123 cm³/mol. The summed E-state index contributed by atoms with van der Waals surface area (Å²) in [5.41, 5.74) is 1.54. The Morgan fingerprint density at radius 3 is 2.22 bits per heavy atom. The molecule has 2 heterocycles. The van der Waals surface area contributed by atoms with Crippen LogP contribution in [0.3, 0.4) is 0 Å². The lowest BCUT2D eigenvalue weighted by molar-refractivity contribution is -0.141. The van der Waals surface area contributed by atoms with Gasteiger partial charge in [0.15, 0.2) is 0 Å². The first kappa shape index (κ1) is 22.3. The molecule has 0 aliphatic carbocycles. The van der Waals surface area contributed by atoms with E-state index in [4.69, 9.17) is 11.6 Å². The molecule has 1 N–H and O–H groups in total. The molecular formula is C25H28ClN3O3. The summed E-state index contributed by atoms with van der Waals surface area (Å²) in [5.74, 6) is -0.439. The summed E-state index contributed by atoms with van der Waals surface area (Å²) in [6.45, 7) is 3.02. The predicted octanol–water partition coefficient (Wildman–Crippen LogP) is 3.81. The Labute approximate surface area is 193 Å². The summed E-state index contributed by atoms with van der Waals surface area (Å²) in [6.07, 6.45) is 2.80. The normalized spacial score (nSPS) is 21.4. The van der Waals surface area contributed by atoms with Crippen molar-refractivity contribution in [1.82, 2.24) is 15.1 Å². The highest BCUT2D eigenvalue weighted by Gasteiger charge is 2.42. The Morgan fingerprint density at radius 2 is 1.53 bits per heavy atom. The van der Waals surface area contributed by atoms with Crippen LogP contribution < -0.4 is 5.32 Å². The number of amides is 3. The first-order chi connectivity index (χ1) is 15.5. The van der Waals surface area contributed by atoms with Gasteiger partial charge in [0.05, 0.1) is 6.04 Å². The molecule has 3 amide bonds. The number of nitrogens with zero attached hydrogens (tertiary/aromatic N) is 2. The van der Waals surface area contributed by atoms with Crippen LogP contribution >= 0.6 is 11.6 Å². The summed E-state index contributed by atoms with van der Waals surface area (Å²) in [5, 5.41) is 3.61. The van der Waals surface area contributed by atoms with Crippen molar-refractivity contribution in [1.29, 1.82) is 0 Å². The molecule has 0 saturated carbocycles. The first-order valence-electron chi connectivity index (χ1n) is 11.2. The van der Waals surface area contributed by atoms with E-state index in [9.17, 15) is 14.4 Å². The van der Waals surface area contributed by atoms with Crippen LogP contribution in [0.2, 0.25) is 5.02 Å². The van der Waals surface area contributed by atoms with Gasteiger partial charge in [-0.05, 0) is 62.4 Å². The van der Waals surface area contributed by atoms with Gasteiger partial charge in [0.1, 0.15) is 12.1 Å². The fourth-order valence-corrected chi connectivity index (χ4v) is 4.78. The number of nitrogens with one attached hydrogen (secondary N) is 1. The molecular weight excluding hydrogens is 426 g/mol. The number of likely N-dealkylation sites (tertiary alicyclic amines) is 2. The molecule has 4 rings (SSSR count). The molecule has 0 bridgehead atoms. The lowest BCUT2D eigenvalue weighted by Crippen LogP contribution is -2.53. The fourth-order valence-electron chi connectivity index (χ4n) is 4.65. The van der Waals surface area contributed by atoms with Gasteiger partial charge in [-0.3, -0.25) is 14.4 Å². The number of carbonyl (C=O) groups is 3. The summed E-state index contributed by atoms with van der Waals surface area (Å²) in [6, 6.07) is 15.3. The molecule has 2 fully saturated rings. The van der Waals surface area contributed by atoms with Gasteiger partial charge in [0.2, 0.25) is 11.8 Å². The molecule has 0 unspecified atom stereocenters. The molecule has 0 aromatic heterocycles. The van der Waals surface area contributed by atoms with Crippen molar-refractivity contribution in [3.8, 4) is 0 Å². The minimum Gasteiger partial charge on any atom is -0.348 e. The molecule has 0 spiro atoms. The minimum absolute atomic E-state index is 0.130. The maximum atomic E-state index is 13.4. The highest BCUT2D eigenvalue weighted by atomic mass is 35.5. The largest absolute Gasteiger partial charge is 0.348 e. The van der Waals surface area contributed by atoms with Crippen molar-refractivity contribution in [2.45, 2.75) is 50.7 Å². The van der Waals surface area contributed by atoms with E-state index in [0.29, 0.717) is 36.5 Å². The summed E-state index contributed by atoms with van der Waals surface area (Å²) >= 11 is 5.94. The van der Waals surface area contributed by atoms with Crippen molar-refractivity contribution in [2.24, 2.45) is 0 Å². The second kappa shape index (κ2) is 9.74. The third-order valence-electron chi connectivity index (χ3n) is 6.39. The number of halogens is 1. The summed E-state index contributed by atoms with van der Waals surface area (Å²) in [7, 11) is 0. The molecule has 2 aromatic carbocycles. The van der Waals surface area contributed by atoms with Gasteiger partial charge in [0.25, 0.3) is 5.91 Å². The van der Waals surface area contributed by atoms with E-state index < -0.39 is 12.1 Å². The lowest BCUT2D eigenvalue weighted by atomic mass is 10.1. The van der Waals surface area contributed by atoms with Gasteiger partial charge in [-0.2, -0.15) is 0 Å². The standard InChI is InChI=1S/C25H28ClN3O3/c1-17(18-7-3-2-4-8-18)27-23(30)21-9-5-15-28(21)25(32)22-10-6-16-29(22)24(31)19-11-13-20(26)14-12-19/h2-4,7-8,11-14,17,21-22H,5-6,9-10,15-16H2,1H3,(H,27,30)/t17-,21-,22-/m0/s1. The Kier molecular flexibility index (Phi) is 6.80. The first-order valence-corrected chi connectivity index (χ1v) is 11.6. The van der Waals surface area contributed by atoms with Crippen molar-refractivity contribution in [3.63, 3.8) is 0 Å². The Hall–Kier alpha value is -2.86. The molecule has 6 nitrogen and oxygen atoms in total. The second-order valence-corrected chi connectivity index (χ2v) is 8.93. The number of benzene rings is 2. The SMILES string of the molecule is C[C@H](NC(=O)[C@@H]1CCCN1C(=O)[C@@H]1CCCN1C(=O)c1ccc(Cl)cc1)c1ccccc1. The highest BCUT2D eigenvalue weighted by Crippen LogP contribution is 2.27. The second-order valence-electron chi connectivity index (χ2n) is 8.49. The zero-order chi connectivity index (χ0) is 22.7. The molecule has 2 aliphatic heterocycles. The average Bonchev–Trinajstić information content (AvgIpc) is 3.49. The van der Waals surface area contributed by atoms with Crippen LogP contribution in [0.15, 0.2) is 54.6 Å². The van der Waals surface area contributed by atoms with Crippen LogP contribution in [0.1, 0.15) is 54.6 Å². The number of carbonyl (C=O) groups excluding carboxylic acids is 3. The molecule has 2 saturated heterocycles. The van der Waals surface area contributed by atoms with E-state index in [-0.39, 0.29) is 23.8 Å². The Morgan fingerprint density at radius 1 is 0.906 bits per heavy atom. The zero-order valence-electron chi connectivity index (χ0n) is 18.2. The van der Waals surface area contributed by atoms with E-state index in [1.807, 2.05) is 37.3 Å². The average molecular weight is 454 g/mol. The minimum atomic E-state index is -0.530. The Bertz CT molecular complexity index is 980. The van der Waals surface area contributed by atoms with Crippen molar-refractivity contribution >= 4 is 29.3 Å². The van der Waals surface area contributed by atoms with Crippen LogP contribution in [-0.2, 0) is 9.59 Å². The molecule has 2 aliphatic rings. The summed E-state index contributed by atoms with van der Waals surface area (Å²) in [4.78, 5) is 42.8. The quantitative estimate of drug-likeness (QED) is 0.748. The van der Waals surface area contributed by atoms with Gasteiger partial charge < -0.3 is 15.1 Å². The van der Waals surface area contributed by atoms with Crippen molar-refractivity contribution in [2.75, 3.05) is 13.1 Å². The van der Waals surface area contributed by atoms with Gasteiger partial charge in [-0.15, -0.1) is 0 Å². The fraction of sp³-hybridized carbons (Fsp3) is 0.400. The van der Waals surface area contributed by atoms with E-state index in [1.54, 1.807) is 34.1 Å². The van der Waals surface area contributed by atoms with Crippen LogP contribution in [-0.4, -0.2) is 52.7 Å². The molecule has 3 atom stereocenters. The van der Waals surface area contributed by atoms with Gasteiger partial charge in [-0.25, -0.2) is 0 Å². The molecule has 168 valence electrons. The maximum absolute atomic E-state index is 13.4. The van der Waals surface area contributed by atoms with Gasteiger partial charge in [-0.1, -0.05) is 41.9 Å². The van der Waals surface area contributed by atoms with Crippen molar-refractivity contribution < 1.29 is 14.4 Å². The van der Waals surface area contributed by atoms with Crippen LogP contribution in [0.25, 0.3) is 0 Å². The molecule has 0 radical (unpaired) electrons. The van der Waals surface area contributed by atoms with Gasteiger partial charge >= 0.3 is 0 Å². The monoisotopic (exact) mass is 453 g/mol. The Balaban J connectivity index is 1.44. The number of hydrogen-bond donors (Lipinski definition) is 1. The van der Waals surface area contributed by atoms with Crippen LogP contribution in [0.4, 0.5) is 0 Å². The maximum Gasteiger partial charge on any atom is 0.254 e. The van der Waals surface area contributed by atoms with Crippen LogP contribution in [0, 0.1) is 0 Å². The highest BCUT2D eigenvalue weighted by molar-refractivity contribution is 6.30. The smallest absolute Gasteiger partial charge is 0.254 e. The number of rotatable bonds is 5.